The van der Waals surface area contributed by atoms with E-state index < -0.39 is 0 Å². The van der Waals surface area contributed by atoms with Crippen molar-refractivity contribution in [1.29, 1.82) is 5.26 Å². The zero-order valence-corrected chi connectivity index (χ0v) is 17.8. The molecular formula is C25H21ClN4O. The Morgan fingerprint density at radius 1 is 1.19 bits per heavy atom. The van der Waals surface area contributed by atoms with E-state index in [1.54, 1.807) is 12.4 Å². The van der Waals surface area contributed by atoms with Crippen LogP contribution >= 0.6 is 11.6 Å². The first-order valence-corrected chi connectivity index (χ1v) is 10.4. The first-order chi connectivity index (χ1) is 15.2. The van der Waals surface area contributed by atoms with Gasteiger partial charge in [-0.2, -0.15) is 5.26 Å². The van der Waals surface area contributed by atoms with Crippen LogP contribution < -0.4 is 10.1 Å². The van der Waals surface area contributed by atoms with E-state index in [-0.39, 0.29) is 0 Å². The van der Waals surface area contributed by atoms with Crippen LogP contribution in [0, 0.1) is 18.3 Å². The number of halogens is 1. The Hall–Kier alpha value is -3.75. The number of pyridine rings is 1. The summed E-state index contributed by atoms with van der Waals surface area (Å²) in [6, 6.07) is 16.1. The smallest absolute Gasteiger partial charge is 0.119 e. The fraction of sp³-hybridized carbons (Fsp3) is 0.120. The summed E-state index contributed by atoms with van der Waals surface area (Å²) in [6.07, 6.45) is 9.16. The molecule has 2 aromatic carbocycles. The molecule has 2 N–H and O–H groups in total. The maximum Gasteiger partial charge on any atom is 0.119 e. The molecule has 154 valence electrons. The van der Waals surface area contributed by atoms with Crippen molar-refractivity contribution < 1.29 is 4.74 Å². The maximum atomic E-state index is 9.65. The number of alkyl halides is 1. The molecule has 4 rings (SSSR count). The molecule has 0 spiro atoms. The molecule has 2 heterocycles. The van der Waals surface area contributed by atoms with E-state index in [0.29, 0.717) is 18.1 Å². The molecule has 0 aliphatic heterocycles. The first-order valence-electron chi connectivity index (χ1n) is 9.88. The summed E-state index contributed by atoms with van der Waals surface area (Å²) in [5.74, 6) is 1.20. The summed E-state index contributed by atoms with van der Waals surface area (Å²) < 4.78 is 5.59. The maximum absolute atomic E-state index is 9.65. The monoisotopic (exact) mass is 428 g/mol. The third-order valence-electron chi connectivity index (χ3n) is 5.02. The Bertz CT molecular complexity index is 1290. The van der Waals surface area contributed by atoms with E-state index >= 15 is 0 Å². The van der Waals surface area contributed by atoms with E-state index in [1.165, 1.54) is 0 Å². The molecule has 0 fully saturated rings. The number of nitrogens with one attached hydrogen (secondary N) is 2. The lowest BCUT2D eigenvalue weighted by molar-refractivity contribution is 0.343. The quantitative estimate of drug-likeness (QED) is 0.340. The highest BCUT2D eigenvalue weighted by atomic mass is 35.5. The topological polar surface area (TPSA) is 73.7 Å². The Morgan fingerprint density at radius 3 is 2.94 bits per heavy atom. The Morgan fingerprint density at radius 2 is 2.10 bits per heavy atom. The predicted molar refractivity (Wildman–Crippen MR) is 127 cm³/mol. The van der Waals surface area contributed by atoms with Crippen LogP contribution in [0.25, 0.3) is 23.1 Å². The molecule has 4 aromatic rings. The SMILES string of the molecule is Cc1c(Nc2c(C#N)cncc2C=Cc2cccc(OCCCl)c2)ccc2[nH]ccc12. The molecule has 0 unspecified atom stereocenters. The molecular weight excluding hydrogens is 408 g/mol. The van der Waals surface area contributed by atoms with E-state index in [4.69, 9.17) is 16.3 Å². The summed E-state index contributed by atoms with van der Waals surface area (Å²) in [5.41, 5.74) is 6.13. The summed E-state index contributed by atoms with van der Waals surface area (Å²) in [6.45, 7) is 2.52. The number of hydrogen-bond donors (Lipinski definition) is 2. The van der Waals surface area contributed by atoms with Crippen LogP contribution in [-0.4, -0.2) is 22.5 Å². The average molecular weight is 429 g/mol. The van der Waals surface area contributed by atoms with Crippen molar-refractivity contribution >= 4 is 46.0 Å². The Balaban J connectivity index is 1.67. The van der Waals surface area contributed by atoms with Gasteiger partial charge in [-0.05, 0) is 48.4 Å². The van der Waals surface area contributed by atoms with Crippen molar-refractivity contribution in [2.45, 2.75) is 6.92 Å². The minimum absolute atomic E-state index is 0.440. The first kappa shape index (κ1) is 20.5. The predicted octanol–water partition coefficient (Wildman–Crippen LogP) is 6.27. The van der Waals surface area contributed by atoms with Gasteiger partial charge in [-0.3, -0.25) is 4.98 Å². The van der Waals surface area contributed by atoms with Crippen LogP contribution in [0.1, 0.15) is 22.3 Å². The highest BCUT2D eigenvalue weighted by Gasteiger charge is 2.11. The van der Waals surface area contributed by atoms with E-state index in [0.717, 1.165) is 44.7 Å². The van der Waals surface area contributed by atoms with Gasteiger partial charge < -0.3 is 15.0 Å². The minimum Gasteiger partial charge on any atom is -0.492 e. The van der Waals surface area contributed by atoms with Crippen LogP contribution in [0.5, 0.6) is 5.75 Å². The third-order valence-corrected chi connectivity index (χ3v) is 5.17. The van der Waals surface area contributed by atoms with Gasteiger partial charge in [-0.25, -0.2) is 0 Å². The Labute approximate surface area is 186 Å². The van der Waals surface area contributed by atoms with E-state index in [9.17, 15) is 5.26 Å². The number of aromatic nitrogens is 2. The molecule has 0 saturated heterocycles. The number of anilines is 2. The largest absolute Gasteiger partial charge is 0.492 e. The van der Waals surface area contributed by atoms with Crippen molar-refractivity contribution in [3.05, 3.63) is 83.3 Å². The van der Waals surface area contributed by atoms with Crippen LogP contribution in [0.4, 0.5) is 11.4 Å². The van der Waals surface area contributed by atoms with Crippen LogP contribution in [0.2, 0.25) is 0 Å². The zero-order chi connectivity index (χ0) is 21.6. The number of nitriles is 1. The second kappa shape index (κ2) is 9.38. The highest BCUT2D eigenvalue weighted by molar-refractivity contribution is 6.18. The minimum atomic E-state index is 0.440. The molecule has 5 nitrogen and oxygen atoms in total. The Kier molecular flexibility index (Phi) is 6.21. The number of benzene rings is 2. The van der Waals surface area contributed by atoms with E-state index in [1.807, 2.05) is 60.8 Å². The second-order valence-electron chi connectivity index (χ2n) is 7.01. The summed E-state index contributed by atoms with van der Waals surface area (Å²) in [4.78, 5) is 7.46. The van der Waals surface area contributed by atoms with Gasteiger partial charge >= 0.3 is 0 Å². The molecule has 6 heteroatoms. The van der Waals surface area contributed by atoms with Crippen molar-refractivity contribution in [3.8, 4) is 11.8 Å². The van der Waals surface area contributed by atoms with Crippen LogP contribution in [-0.2, 0) is 0 Å². The summed E-state index contributed by atoms with van der Waals surface area (Å²) in [7, 11) is 0. The van der Waals surface area contributed by atoms with Crippen molar-refractivity contribution in [2.24, 2.45) is 0 Å². The van der Waals surface area contributed by atoms with Crippen molar-refractivity contribution in [3.63, 3.8) is 0 Å². The summed E-state index contributed by atoms with van der Waals surface area (Å²) in [5, 5.41) is 14.2. The molecule has 0 bridgehead atoms. The molecule has 31 heavy (non-hydrogen) atoms. The number of hydrogen-bond acceptors (Lipinski definition) is 4. The standard InChI is InChI=1S/C25H21ClN4O/c1-17-22-9-11-29-24(22)8-7-23(17)30-25-19(15-28-16-20(25)14-27)6-5-18-3-2-4-21(13-18)31-12-10-26/h2-9,11,13,15-16,29H,10,12H2,1H3,(H,28,30). The zero-order valence-electron chi connectivity index (χ0n) is 17.0. The van der Waals surface area contributed by atoms with Crippen LogP contribution in [0.3, 0.4) is 0 Å². The number of aryl methyl sites for hydroxylation is 1. The number of fused-ring (bicyclic) bond motifs is 1. The van der Waals surface area contributed by atoms with Crippen molar-refractivity contribution in [2.75, 3.05) is 17.8 Å². The molecule has 0 aliphatic rings. The van der Waals surface area contributed by atoms with Gasteiger partial charge in [0.25, 0.3) is 0 Å². The van der Waals surface area contributed by atoms with Gasteiger partial charge in [-0.1, -0.05) is 24.3 Å². The number of H-pyrrole nitrogens is 1. The van der Waals surface area contributed by atoms with Crippen molar-refractivity contribution in [1.82, 2.24) is 9.97 Å². The second-order valence-corrected chi connectivity index (χ2v) is 7.39. The number of aromatic amines is 1. The molecule has 0 aliphatic carbocycles. The molecule has 2 aromatic heterocycles. The molecule has 0 amide bonds. The molecule has 0 radical (unpaired) electrons. The van der Waals surface area contributed by atoms with Gasteiger partial charge in [0.05, 0.1) is 17.1 Å². The van der Waals surface area contributed by atoms with Gasteiger partial charge in [-0.15, -0.1) is 11.6 Å². The fourth-order valence-corrected chi connectivity index (χ4v) is 3.51. The fourth-order valence-electron chi connectivity index (χ4n) is 3.43. The summed E-state index contributed by atoms with van der Waals surface area (Å²) >= 11 is 5.70. The van der Waals surface area contributed by atoms with Crippen LogP contribution in [0.15, 0.2) is 61.1 Å². The lowest BCUT2D eigenvalue weighted by atomic mass is 10.1. The van der Waals surface area contributed by atoms with Gasteiger partial charge in [0.15, 0.2) is 0 Å². The normalized spacial score (nSPS) is 11.0. The number of rotatable bonds is 7. The van der Waals surface area contributed by atoms with Gasteiger partial charge in [0.2, 0.25) is 0 Å². The molecule has 0 atom stereocenters. The number of ether oxygens (including phenoxy) is 1. The third kappa shape index (κ3) is 4.55. The lowest BCUT2D eigenvalue weighted by Crippen LogP contribution is -1.99. The lowest BCUT2D eigenvalue weighted by Gasteiger charge is -2.14. The highest BCUT2D eigenvalue weighted by Crippen LogP contribution is 2.31. The van der Waals surface area contributed by atoms with E-state index in [2.05, 4.69) is 28.3 Å². The van der Waals surface area contributed by atoms with Gasteiger partial charge in [0.1, 0.15) is 18.4 Å². The molecule has 0 saturated carbocycles. The van der Waals surface area contributed by atoms with Gasteiger partial charge in [0, 0.05) is 40.7 Å². The average Bonchev–Trinajstić information content (AvgIpc) is 3.28. The number of nitrogens with zero attached hydrogens (tertiary/aromatic N) is 2.